The van der Waals surface area contributed by atoms with Crippen molar-refractivity contribution in [2.24, 2.45) is 0 Å². The van der Waals surface area contributed by atoms with E-state index in [1.165, 1.54) is 5.56 Å². The Hall–Kier alpha value is -2.57. The lowest BCUT2D eigenvalue weighted by molar-refractivity contribution is -0.127. The average Bonchev–Trinajstić information content (AvgIpc) is 2.74. The van der Waals surface area contributed by atoms with Gasteiger partial charge in [0.2, 0.25) is 0 Å². The topological polar surface area (TPSA) is 60.0 Å². The van der Waals surface area contributed by atoms with Gasteiger partial charge in [0.15, 0.2) is 6.10 Å². The van der Waals surface area contributed by atoms with Crippen molar-refractivity contribution < 1.29 is 19.0 Å². The minimum Gasteiger partial charge on any atom is -0.497 e. The highest BCUT2D eigenvalue weighted by Crippen LogP contribution is 2.20. The van der Waals surface area contributed by atoms with E-state index in [1.54, 1.807) is 26.2 Å². The van der Waals surface area contributed by atoms with Gasteiger partial charge in [0, 0.05) is 32.2 Å². The molecule has 3 rings (SSSR count). The van der Waals surface area contributed by atoms with Gasteiger partial charge >= 0.3 is 0 Å². The number of morpholine rings is 1. The minimum absolute atomic E-state index is 0.153. The SMILES string of the molecule is COc1cccc(OC(C)C(=O)NCc2ccc(CN3CCOCC3)cc2)c1. The quantitative estimate of drug-likeness (QED) is 0.758. The van der Waals surface area contributed by atoms with Crippen LogP contribution >= 0.6 is 0 Å². The molecular weight excluding hydrogens is 356 g/mol. The first-order valence-electron chi connectivity index (χ1n) is 9.60. The predicted octanol–water partition coefficient (Wildman–Crippen LogP) is 2.61. The van der Waals surface area contributed by atoms with E-state index >= 15 is 0 Å². The monoisotopic (exact) mass is 384 g/mol. The van der Waals surface area contributed by atoms with Crippen LogP contribution in [-0.2, 0) is 22.6 Å². The number of rotatable bonds is 8. The highest BCUT2D eigenvalue weighted by atomic mass is 16.5. The second-order valence-electron chi connectivity index (χ2n) is 6.86. The first kappa shape index (κ1) is 20.2. The molecule has 0 aliphatic carbocycles. The molecule has 0 aromatic heterocycles. The molecule has 2 aromatic rings. The number of nitrogens with one attached hydrogen (secondary N) is 1. The number of hydrogen-bond donors (Lipinski definition) is 1. The van der Waals surface area contributed by atoms with Crippen LogP contribution in [0.2, 0.25) is 0 Å². The Morgan fingerprint density at radius 3 is 2.50 bits per heavy atom. The molecule has 1 saturated heterocycles. The van der Waals surface area contributed by atoms with Gasteiger partial charge in [-0.3, -0.25) is 9.69 Å². The molecule has 1 aliphatic heterocycles. The van der Waals surface area contributed by atoms with Crippen LogP contribution in [0.25, 0.3) is 0 Å². The summed E-state index contributed by atoms with van der Waals surface area (Å²) in [5, 5.41) is 2.93. The molecule has 150 valence electrons. The van der Waals surface area contributed by atoms with Crippen molar-refractivity contribution in [3.05, 3.63) is 59.7 Å². The van der Waals surface area contributed by atoms with Crippen LogP contribution in [-0.4, -0.2) is 50.3 Å². The summed E-state index contributed by atoms with van der Waals surface area (Å²) in [7, 11) is 1.60. The summed E-state index contributed by atoms with van der Waals surface area (Å²) in [6.45, 7) is 6.70. The number of hydrogen-bond acceptors (Lipinski definition) is 5. The smallest absolute Gasteiger partial charge is 0.261 e. The number of methoxy groups -OCH3 is 1. The molecule has 6 nitrogen and oxygen atoms in total. The van der Waals surface area contributed by atoms with Crippen LogP contribution in [0.4, 0.5) is 0 Å². The van der Waals surface area contributed by atoms with Gasteiger partial charge in [-0.1, -0.05) is 30.3 Å². The van der Waals surface area contributed by atoms with Gasteiger partial charge in [-0.2, -0.15) is 0 Å². The van der Waals surface area contributed by atoms with Gasteiger partial charge in [-0.05, 0) is 30.2 Å². The van der Waals surface area contributed by atoms with Crippen molar-refractivity contribution in [3.8, 4) is 11.5 Å². The highest BCUT2D eigenvalue weighted by Gasteiger charge is 2.15. The maximum Gasteiger partial charge on any atom is 0.261 e. The maximum absolute atomic E-state index is 12.3. The zero-order valence-electron chi connectivity index (χ0n) is 16.5. The third-order valence-corrected chi connectivity index (χ3v) is 4.72. The molecule has 1 atom stereocenters. The van der Waals surface area contributed by atoms with E-state index in [9.17, 15) is 4.79 Å². The average molecular weight is 384 g/mol. The van der Waals surface area contributed by atoms with Crippen molar-refractivity contribution >= 4 is 5.91 Å². The highest BCUT2D eigenvalue weighted by molar-refractivity contribution is 5.80. The molecule has 0 radical (unpaired) electrons. The lowest BCUT2D eigenvalue weighted by Gasteiger charge is -2.26. The molecule has 0 bridgehead atoms. The van der Waals surface area contributed by atoms with Crippen LogP contribution in [0.3, 0.4) is 0 Å². The molecule has 2 aromatic carbocycles. The molecule has 1 unspecified atom stereocenters. The molecule has 1 N–H and O–H groups in total. The normalized spacial score (nSPS) is 15.6. The van der Waals surface area contributed by atoms with Crippen LogP contribution in [0, 0.1) is 0 Å². The lowest BCUT2D eigenvalue weighted by atomic mass is 10.1. The van der Waals surface area contributed by atoms with Gasteiger partial charge < -0.3 is 19.5 Å². The first-order chi connectivity index (χ1) is 13.6. The van der Waals surface area contributed by atoms with E-state index in [2.05, 4.69) is 34.5 Å². The number of ether oxygens (including phenoxy) is 3. The van der Waals surface area contributed by atoms with Gasteiger partial charge in [0.05, 0.1) is 20.3 Å². The zero-order valence-corrected chi connectivity index (χ0v) is 16.5. The van der Waals surface area contributed by atoms with Crippen LogP contribution in [0.1, 0.15) is 18.1 Å². The van der Waals surface area contributed by atoms with Crippen LogP contribution < -0.4 is 14.8 Å². The Bertz CT molecular complexity index is 757. The molecule has 6 heteroatoms. The summed E-state index contributed by atoms with van der Waals surface area (Å²) >= 11 is 0. The summed E-state index contributed by atoms with van der Waals surface area (Å²) in [5.74, 6) is 1.15. The molecule has 28 heavy (non-hydrogen) atoms. The summed E-state index contributed by atoms with van der Waals surface area (Å²) < 4.78 is 16.3. The van der Waals surface area contributed by atoms with Gasteiger partial charge in [0.25, 0.3) is 5.91 Å². The van der Waals surface area contributed by atoms with Crippen molar-refractivity contribution in [1.29, 1.82) is 0 Å². The Kier molecular flexibility index (Phi) is 7.28. The van der Waals surface area contributed by atoms with Crippen molar-refractivity contribution in [2.75, 3.05) is 33.4 Å². The largest absolute Gasteiger partial charge is 0.497 e. The molecule has 0 spiro atoms. The predicted molar refractivity (Wildman–Crippen MR) is 107 cm³/mol. The number of benzene rings is 2. The van der Waals surface area contributed by atoms with E-state index in [4.69, 9.17) is 14.2 Å². The minimum atomic E-state index is -0.590. The number of nitrogens with zero attached hydrogens (tertiary/aromatic N) is 1. The van der Waals surface area contributed by atoms with E-state index in [1.807, 2.05) is 12.1 Å². The van der Waals surface area contributed by atoms with Gasteiger partial charge in [-0.15, -0.1) is 0 Å². The van der Waals surface area contributed by atoms with E-state index in [0.29, 0.717) is 18.0 Å². The molecule has 1 aliphatic rings. The van der Waals surface area contributed by atoms with Crippen molar-refractivity contribution in [1.82, 2.24) is 10.2 Å². The molecule has 1 heterocycles. The molecular formula is C22H28N2O4. The van der Waals surface area contributed by atoms with Crippen LogP contribution in [0.5, 0.6) is 11.5 Å². The number of carbonyl (C=O) groups excluding carboxylic acids is 1. The van der Waals surface area contributed by atoms with Crippen molar-refractivity contribution in [3.63, 3.8) is 0 Å². The maximum atomic E-state index is 12.3. The van der Waals surface area contributed by atoms with E-state index < -0.39 is 6.10 Å². The first-order valence-corrected chi connectivity index (χ1v) is 9.60. The molecule has 1 amide bonds. The Morgan fingerprint density at radius 1 is 1.11 bits per heavy atom. The third-order valence-electron chi connectivity index (χ3n) is 4.72. The summed E-state index contributed by atoms with van der Waals surface area (Å²) in [5.41, 5.74) is 2.33. The van der Waals surface area contributed by atoms with E-state index in [0.717, 1.165) is 38.4 Å². The van der Waals surface area contributed by atoms with Crippen LogP contribution in [0.15, 0.2) is 48.5 Å². The van der Waals surface area contributed by atoms with Gasteiger partial charge in [-0.25, -0.2) is 0 Å². The summed E-state index contributed by atoms with van der Waals surface area (Å²) in [6, 6.07) is 15.6. The zero-order chi connectivity index (χ0) is 19.8. The Morgan fingerprint density at radius 2 is 1.79 bits per heavy atom. The fraction of sp³-hybridized carbons (Fsp3) is 0.409. The number of amides is 1. The van der Waals surface area contributed by atoms with Gasteiger partial charge in [0.1, 0.15) is 11.5 Å². The third kappa shape index (κ3) is 5.97. The van der Waals surface area contributed by atoms with Crippen molar-refractivity contribution in [2.45, 2.75) is 26.1 Å². The molecule has 1 fully saturated rings. The lowest BCUT2D eigenvalue weighted by Crippen LogP contribution is -2.36. The Labute approximate surface area is 166 Å². The summed E-state index contributed by atoms with van der Waals surface area (Å²) in [6.07, 6.45) is -0.590. The fourth-order valence-corrected chi connectivity index (χ4v) is 3.05. The number of carbonyl (C=O) groups is 1. The second kappa shape index (κ2) is 10.1. The molecule has 0 saturated carbocycles. The van der Waals surface area contributed by atoms with E-state index in [-0.39, 0.29) is 5.91 Å². The Balaban J connectivity index is 1.45. The second-order valence-corrected chi connectivity index (χ2v) is 6.86. The fourth-order valence-electron chi connectivity index (χ4n) is 3.05. The summed E-state index contributed by atoms with van der Waals surface area (Å²) in [4.78, 5) is 14.7. The standard InChI is InChI=1S/C22H28N2O4/c1-17(28-21-5-3-4-20(14-21)26-2)22(25)23-15-18-6-8-19(9-7-18)16-24-10-12-27-13-11-24/h3-9,14,17H,10-13,15-16H2,1-2H3,(H,23,25).